The first kappa shape index (κ1) is 32.3. The molecule has 0 spiro atoms. The molecule has 4 heteroatoms. The van der Waals surface area contributed by atoms with Crippen LogP contribution in [0.15, 0.2) is 24.5 Å². The van der Waals surface area contributed by atoms with Crippen LogP contribution in [0.2, 0.25) is 0 Å². The summed E-state index contributed by atoms with van der Waals surface area (Å²) in [5.41, 5.74) is 3.26. The number of phenolic OH excluding ortho intramolecular Hbond substituents is 1. The first-order valence-corrected chi connectivity index (χ1v) is 16.9. The number of aromatic hydroxyl groups is 1. The molecule has 0 aliphatic carbocycles. The van der Waals surface area contributed by atoms with Crippen molar-refractivity contribution in [2.24, 2.45) is 0 Å². The molecule has 0 bridgehead atoms. The maximum atomic E-state index is 11.2. The molecule has 1 aliphatic rings. The van der Waals surface area contributed by atoms with Crippen molar-refractivity contribution < 1.29 is 14.4 Å². The summed E-state index contributed by atoms with van der Waals surface area (Å²) in [5, 5.41) is 12.4. The van der Waals surface area contributed by atoms with Crippen molar-refractivity contribution in [3.8, 4) is 11.5 Å². The molecule has 1 aromatic carbocycles. The molecule has 40 heavy (non-hydrogen) atoms. The van der Waals surface area contributed by atoms with Crippen molar-refractivity contribution >= 4 is 22.7 Å². The Labute approximate surface area is 245 Å². The summed E-state index contributed by atoms with van der Waals surface area (Å²) in [4.78, 5) is 2.39. The van der Waals surface area contributed by atoms with E-state index in [1.54, 1.807) is 7.11 Å². The lowest BCUT2D eigenvalue weighted by Crippen LogP contribution is -2.35. The quantitative estimate of drug-likeness (QED) is 0.110. The van der Waals surface area contributed by atoms with Gasteiger partial charge in [0.2, 0.25) is 5.75 Å². The highest BCUT2D eigenvalue weighted by Gasteiger charge is 2.26. The standard InChI is InChI=1S/C36H58N2O2/c1-4-6-8-10-12-14-16-18-20-22-26-37-28-24-31-30-33(40-3)36(39)35-34(31)32(37)25-29-38(35)27-23-21-19-17-15-13-11-9-7-5-2/h24-25,28-30H,4-23,26-27H2,1-3H3/p+1. The monoisotopic (exact) mass is 551 g/mol. The van der Waals surface area contributed by atoms with Crippen molar-refractivity contribution in [2.75, 3.05) is 18.6 Å². The van der Waals surface area contributed by atoms with Crippen LogP contribution in [0.1, 0.15) is 148 Å². The number of pyridine rings is 1. The van der Waals surface area contributed by atoms with E-state index >= 15 is 0 Å². The van der Waals surface area contributed by atoms with Crippen LogP contribution in [0.5, 0.6) is 11.5 Å². The number of anilines is 1. The van der Waals surface area contributed by atoms with Crippen molar-refractivity contribution in [2.45, 2.75) is 149 Å². The van der Waals surface area contributed by atoms with Crippen LogP contribution >= 0.6 is 0 Å². The summed E-state index contributed by atoms with van der Waals surface area (Å²) in [5.74, 6) is 0.827. The molecular weight excluding hydrogens is 492 g/mol. The molecular formula is C36H59N2O2+. The van der Waals surface area contributed by atoms with Crippen LogP contribution in [-0.2, 0) is 6.54 Å². The zero-order valence-electron chi connectivity index (χ0n) is 26.2. The van der Waals surface area contributed by atoms with Gasteiger partial charge in [0, 0.05) is 25.2 Å². The number of benzene rings is 1. The number of unbranched alkanes of at least 4 members (excludes halogenated alkanes) is 18. The van der Waals surface area contributed by atoms with Gasteiger partial charge in [-0.25, -0.2) is 0 Å². The second-order valence-electron chi connectivity index (χ2n) is 12.0. The summed E-state index contributed by atoms with van der Waals surface area (Å²) < 4.78 is 7.83. The molecule has 1 N–H and O–H groups in total. The number of hydrogen-bond donors (Lipinski definition) is 1. The Hall–Kier alpha value is -2.23. The summed E-state index contributed by atoms with van der Waals surface area (Å²) >= 11 is 0. The minimum atomic E-state index is 0.268. The Morgan fingerprint density at radius 1 is 0.725 bits per heavy atom. The van der Waals surface area contributed by atoms with Crippen molar-refractivity contribution in [3.63, 3.8) is 0 Å². The van der Waals surface area contributed by atoms with Crippen LogP contribution in [0.25, 0.3) is 17.0 Å². The molecule has 1 aliphatic heterocycles. The topological polar surface area (TPSA) is 36.6 Å². The fraction of sp³-hybridized carbons (Fsp3) is 0.694. The maximum absolute atomic E-state index is 11.2. The van der Waals surface area contributed by atoms with E-state index in [-0.39, 0.29) is 5.75 Å². The van der Waals surface area contributed by atoms with E-state index in [4.69, 9.17) is 4.74 Å². The molecule has 0 atom stereocenters. The van der Waals surface area contributed by atoms with Gasteiger partial charge >= 0.3 is 0 Å². The van der Waals surface area contributed by atoms with Gasteiger partial charge in [-0.2, -0.15) is 4.57 Å². The van der Waals surface area contributed by atoms with Gasteiger partial charge in [0.25, 0.3) is 5.52 Å². The molecule has 0 fully saturated rings. The first-order chi connectivity index (χ1) is 19.7. The second-order valence-corrected chi connectivity index (χ2v) is 12.0. The molecule has 224 valence electrons. The predicted molar refractivity (Wildman–Crippen MR) is 172 cm³/mol. The molecule has 0 saturated heterocycles. The molecule has 2 heterocycles. The first-order valence-electron chi connectivity index (χ1n) is 16.9. The second kappa shape index (κ2) is 19.0. The number of phenols is 1. The minimum absolute atomic E-state index is 0.268. The molecule has 0 amide bonds. The highest BCUT2D eigenvalue weighted by atomic mass is 16.5. The van der Waals surface area contributed by atoms with Gasteiger partial charge in [-0.05, 0) is 30.5 Å². The minimum Gasteiger partial charge on any atom is -0.500 e. The van der Waals surface area contributed by atoms with Gasteiger partial charge in [0.15, 0.2) is 11.9 Å². The smallest absolute Gasteiger partial charge is 0.261 e. The van der Waals surface area contributed by atoms with E-state index in [0.29, 0.717) is 5.75 Å². The lowest BCUT2D eigenvalue weighted by molar-refractivity contribution is -0.672. The van der Waals surface area contributed by atoms with Crippen LogP contribution < -0.4 is 14.2 Å². The average Bonchev–Trinajstić information content (AvgIpc) is 2.97. The Bertz CT molecular complexity index is 1020. The summed E-state index contributed by atoms with van der Waals surface area (Å²) in [6.45, 7) is 6.52. The third kappa shape index (κ3) is 10.00. The summed E-state index contributed by atoms with van der Waals surface area (Å²) in [7, 11) is 1.65. The van der Waals surface area contributed by atoms with Gasteiger partial charge in [-0.3, -0.25) is 0 Å². The van der Waals surface area contributed by atoms with Crippen molar-refractivity contribution in [1.82, 2.24) is 0 Å². The van der Waals surface area contributed by atoms with Gasteiger partial charge in [-0.1, -0.05) is 123 Å². The lowest BCUT2D eigenvalue weighted by Gasteiger charge is -2.26. The van der Waals surface area contributed by atoms with E-state index in [1.807, 2.05) is 6.07 Å². The fourth-order valence-electron chi connectivity index (χ4n) is 6.22. The SMILES string of the molecule is CCCCCCCCCCCCN1C=Cc2cc(OC)c(O)c3c2c1cc[n+]3CCCCCCCCCCCC. The predicted octanol–water partition coefficient (Wildman–Crippen LogP) is 10.5. The number of rotatable bonds is 23. The summed E-state index contributed by atoms with van der Waals surface area (Å²) in [6.07, 6.45) is 33.4. The van der Waals surface area contributed by atoms with Gasteiger partial charge < -0.3 is 14.7 Å². The fourth-order valence-corrected chi connectivity index (χ4v) is 6.22. The van der Waals surface area contributed by atoms with Gasteiger partial charge in [-0.15, -0.1) is 0 Å². The zero-order valence-corrected chi connectivity index (χ0v) is 26.2. The van der Waals surface area contributed by atoms with Crippen LogP contribution in [0.4, 0.5) is 5.69 Å². The molecule has 4 nitrogen and oxygen atoms in total. The number of nitrogens with zero attached hydrogens (tertiary/aromatic N) is 2. The molecule has 3 rings (SSSR count). The number of aromatic nitrogens is 1. The van der Waals surface area contributed by atoms with E-state index in [0.717, 1.165) is 36.0 Å². The Morgan fingerprint density at radius 3 is 1.80 bits per heavy atom. The molecule has 1 aromatic heterocycles. The van der Waals surface area contributed by atoms with E-state index in [2.05, 4.69) is 47.9 Å². The lowest BCUT2D eigenvalue weighted by atomic mass is 10.0. The highest BCUT2D eigenvalue weighted by Crippen LogP contribution is 2.42. The van der Waals surface area contributed by atoms with Crippen LogP contribution in [-0.4, -0.2) is 18.8 Å². The number of hydrogen-bond acceptors (Lipinski definition) is 3. The third-order valence-corrected chi connectivity index (χ3v) is 8.69. The summed E-state index contributed by atoms with van der Waals surface area (Å²) in [6, 6.07) is 4.24. The van der Waals surface area contributed by atoms with Crippen LogP contribution in [0, 0.1) is 0 Å². The van der Waals surface area contributed by atoms with Gasteiger partial charge in [0.1, 0.15) is 6.54 Å². The molecule has 0 radical (unpaired) electrons. The van der Waals surface area contributed by atoms with Crippen molar-refractivity contribution in [1.29, 1.82) is 0 Å². The van der Waals surface area contributed by atoms with E-state index in [9.17, 15) is 5.11 Å². The number of ether oxygens (including phenoxy) is 1. The average molecular weight is 552 g/mol. The molecule has 0 unspecified atom stereocenters. The van der Waals surface area contributed by atoms with Crippen LogP contribution in [0.3, 0.4) is 0 Å². The third-order valence-electron chi connectivity index (χ3n) is 8.69. The van der Waals surface area contributed by atoms with Gasteiger partial charge in [0.05, 0.1) is 18.2 Å². The van der Waals surface area contributed by atoms with E-state index in [1.165, 1.54) is 128 Å². The highest BCUT2D eigenvalue weighted by molar-refractivity contribution is 6.03. The number of aryl methyl sites for hydroxylation is 1. The van der Waals surface area contributed by atoms with Crippen molar-refractivity contribution in [3.05, 3.63) is 30.1 Å². The Balaban J connectivity index is 1.52. The normalized spacial score (nSPS) is 12.5. The largest absolute Gasteiger partial charge is 0.500 e. The maximum Gasteiger partial charge on any atom is 0.261 e. The molecule has 2 aromatic rings. The number of methoxy groups -OCH3 is 1. The Kier molecular flexibility index (Phi) is 15.3. The molecule has 0 saturated carbocycles. The van der Waals surface area contributed by atoms with E-state index < -0.39 is 0 Å². The Morgan fingerprint density at radius 2 is 1.25 bits per heavy atom. The zero-order chi connectivity index (χ0) is 28.4.